The number of ether oxygens (including phenoxy) is 2. The Kier molecular flexibility index (Phi) is 6.08. The predicted octanol–water partition coefficient (Wildman–Crippen LogP) is 2.16. The van der Waals surface area contributed by atoms with Gasteiger partial charge < -0.3 is 19.8 Å². The van der Waals surface area contributed by atoms with E-state index < -0.39 is 20.5 Å². The third-order valence-electron chi connectivity index (χ3n) is 4.46. The van der Waals surface area contributed by atoms with Crippen LogP contribution in [0, 0.1) is 0 Å². The zero-order chi connectivity index (χ0) is 21.2. The molecule has 0 saturated heterocycles. The molecule has 1 fully saturated rings. The average Bonchev–Trinajstić information content (AvgIpc) is 3.28. The molecule has 0 bridgehead atoms. The highest BCUT2D eigenvalue weighted by atomic mass is 31.2. The molecule has 1 aliphatic carbocycles. The molecule has 0 amide bonds. The van der Waals surface area contributed by atoms with Crippen LogP contribution in [-0.4, -0.2) is 62.9 Å². The molecule has 3 rings (SSSR count). The number of anilines is 1. The van der Waals surface area contributed by atoms with Crippen LogP contribution >= 0.6 is 7.60 Å². The fraction of sp³-hybridized carbons (Fsp3) is 0.625. The summed E-state index contributed by atoms with van der Waals surface area (Å²) in [7, 11) is -1.84. The van der Waals surface area contributed by atoms with Crippen molar-refractivity contribution in [2.24, 2.45) is 0 Å². The second-order valence-corrected chi connectivity index (χ2v) is 9.15. The highest BCUT2D eigenvalue weighted by Crippen LogP contribution is 2.51. The van der Waals surface area contributed by atoms with E-state index in [-0.39, 0.29) is 11.6 Å². The Hall–Kier alpha value is -2.27. The number of nitrogen functional groups attached to an aromatic ring is 1. The molecule has 13 heteroatoms. The maximum atomic E-state index is 12.6. The number of carbonyl (C=O) groups excluding carboxylic acids is 1. The fourth-order valence-electron chi connectivity index (χ4n) is 2.78. The number of imidazole rings is 1. The summed E-state index contributed by atoms with van der Waals surface area (Å²) in [6.45, 7) is 4.64. The number of hydrogen-bond acceptors (Lipinski definition) is 11. The normalized spacial score (nSPS) is 17.4. The molecular weight excluding hydrogens is 403 g/mol. The Balaban J connectivity index is 1.57. The monoisotopic (exact) mass is 428 g/mol. The number of nitrogens with two attached hydrogens (primary N) is 1. The van der Waals surface area contributed by atoms with Crippen LogP contribution in [0.5, 0.6) is 0 Å². The zero-order valence-corrected chi connectivity index (χ0v) is 17.7. The van der Waals surface area contributed by atoms with E-state index in [2.05, 4.69) is 15.0 Å². The van der Waals surface area contributed by atoms with Crippen molar-refractivity contribution in [2.45, 2.75) is 44.9 Å². The molecule has 1 unspecified atom stereocenters. The van der Waals surface area contributed by atoms with Crippen molar-refractivity contribution in [3.63, 3.8) is 0 Å². The predicted molar refractivity (Wildman–Crippen MR) is 103 cm³/mol. The molecule has 160 valence electrons. The lowest BCUT2D eigenvalue weighted by Crippen LogP contribution is -2.37. The lowest BCUT2D eigenvalue weighted by molar-refractivity contribution is -0.105. The summed E-state index contributed by atoms with van der Waals surface area (Å²) in [6, 6.07) is 0. The number of nitrogens with zero attached hydrogens (tertiary/aromatic N) is 5. The first kappa shape index (κ1) is 21.4. The minimum atomic E-state index is -3.52. The Morgan fingerprint density at radius 3 is 2.76 bits per heavy atom. The van der Waals surface area contributed by atoms with E-state index in [1.165, 1.54) is 18.1 Å². The van der Waals surface area contributed by atoms with Crippen LogP contribution in [0.1, 0.15) is 26.7 Å². The van der Waals surface area contributed by atoms with Gasteiger partial charge in [0.15, 0.2) is 11.5 Å². The molecule has 0 radical (unpaired) electrons. The summed E-state index contributed by atoms with van der Waals surface area (Å²) in [5.41, 5.74) is 6.58. The summed E-state index contributed by atoms with van der Waals surface area (Å²) in [6.07, 6.45) is 3.43. The molecule has 2 N–H and O–H groups in total. The number of aromatic nitrogens is 4. The van der Waals surface area contributed by atoms with Crippen molar-refractivity contribution in [2.75, 3.05) is 26.2 Å². The van der Waals surface area contributed by atoms with Crippen LogP contribution in [0.2, 0.25) is 0 Å². The first-order valence-electron chi connectivity index (χ1n) is 9.02. The van der Waals surface area contributed by atoms with E-state index >= 15 is 0 Å². The van der Waals surface area contributed by atoms with E-state index in [1.54, 1.807) is 27.2 Å². The molecule has 0 aromatic carbocycles. The topological polar surface area (TPSA) is 144 Å². The van der Waals surface area contributed by atoms with E-state index in [4.69, 9.17) is 24.4 Å². The van der Waals surface area contributed by atoms with Gasteiger partial charge in [-0.15, -0.1) is 0 Å². The quantitative estimate of drug-likeness (QED) is 0.271. The summed E-state index contributed by atoms with van der Waals surface area (Å²) in [4.78, 5) is 23.8. The molecular formula is C16H25N6O6P. The van der Waals surface area contributed by atoms with Crippen LogP contribution in [0.25, 0.3) is 11.2 Å². The lowest BCUT2D eigenvalue weighted by Gasteiger charge is -2.29. The van der Waals surface area contributed by atoms with Crippen LogP contribution < -0.4 is 5.73 Å². The fourth-order valence-corrected chi connectivity index (χ4v) is 3.69. The van der Waals surface area contributed by atoms with Gasteiger partial charge in [0, 0.05) is 20.3 Å². The summed E-state index contributed by atoms with van der Waals surface area (Å²) >= 11 is 0. The Bertz CT molecular complexity index is 930. The maximum Gasteiger partial charge on any atom is 0.510 e. The van der Waals surface area contributed by atoms with Crippen molar-refractivity contribution < 1.29 is 28.0 Å². The third kappa shape index (κ3) is 5.21. The molecule has 0 spiro atoms. The maximum absolute atomic E-state index is 12.6. The average molecular weight is 428 g/mol. The number of hydroxylamine groups is 2. The molecule has 1 atom stereocenters. The second-order valence-electron chi connectivity index (χ2n) is 7.19. The molecule has 0 aliphatic heterocycles. The molecule has 1 saturated carbocycles. The van der Waals surface area contributed by atoms with Crippen molar-refractivity contribution in [1.29, 1.82) is 0 Å². The minimum absolute atomic E-state index is 0.311. The molecule has 12 nitrogen and oxygen atoms in total. The number of rotatable bonds is 9. The lowest BCUT2D eigenvalue weighted by atomic mass is 10.2. The Labute approximate surface area is 167 Å². The molecule has 2 aromatic heterocycles. The Morgan fingerprint density at radius 1 is 1.38 bits per heavy atom. The summed E-state index contributed by atoms with van der Waals surface area (Å²) in [5, 5.41) is 1.52. The summed E-state index contributed by atoms with van der Waals surface area (Å²) < 4.78 is 34.6. The van der Waals surface area contributed by atoms with Crippen LogP contribution in [0.15, 0.2) is 12.7 Å². The standard InChI is InChI=1S/C16H25N6O6P/c1-11(2)27-15(23)25-10-26-29(4,24)28-21(3)16(5-6-16)7-22-9-20-12-13(17)18-8-19-14(12)22/h8-9,11H,5-7,10H2,1-4H3,(H2,17,18,19). The molecule has 1 aliphatic rings. The second kappa shape index (κ2) is 8.23. The number of fused-ring (bicyclic) bond motifs is 1. The van der Waals surface area contributed by atoms with Crippen LogP contribution in [-0.2, 0) is 29.7 Å². The molecule has 29 heavy (non-hydrogen) atoms. The number of likely N-dealkylation sites (N-methyl/N-ethyl adjacent to an activating group) is 1. The van der Waals surface area contributed by atoms with Gasteiger partial charge in [0.2, 0.25) is 6.79 Å². The highest BCUT2D eigenvalue weighted by Gasteiger charge is 2.49. The highest BCUT2D eigenvalue weighted by molar-refractivity contribution is 7.52. The largest absolute Gasteiger partial charge is 0.510 e. The van der Waals surface area contributed by atoms with Gasteiger partial charge in [-0.1, -0.05) is 0 Å². The van der Waals surface area contributed by atoms with Crippen molar-refractivity contribution in [3.05, 3.63) is 12.7 Å². The summed E-state index contributed by atoms with van der Waals surface area (Å²) in [5.74, 6) is 0.311. The van der Waals surface area contributed by atoms with Gasteiger partial charge in [-0.2, -0.15) is 5.06 Å². The van der Waals surface area contributed by atoms with Gasteiger partial charge in [0.05, 0.1) is 18.0 Å². The first-order valence-corrected chi connectivity index (χ1v) is 11.0. The van der Waals surface area contributed by atoms with Gasteiger partial charge in [-0.05, 0) is 26.7 Å². The minimum Gasteiger partial charge on any atom is -0.432 e. The van der Waals surface area contributed by atoms with Gasteiger partial charge >= 0.3 is 13.8 Å². The SMILES string of the molecule is CC(C)OC(=O)OCOP(C)(=O)ON(C)C1(Cn2cnc3c(N)ncnc32)CC1. The van der Waals surface area contributed by atoms with Crippen molar-refractivity contribution in [3.8, 4) is 0 Å². The van der Waals surface area contributed by atoms with Crippen LogP contribution in [0.4, 0.5) is 10.6 Å². The van der Waals surface area contributed by atoms with E-state index in [0.717, 1.165) is 12.8 Å². The van der Waals surface area contributed by atoms with Gasteiger partial charge in [0.1, 0.15) is 11.8 Å². The molecule has 2 heterocycles. The number of hydrogen-bond donors (Lipinski definition) is 1. The van der Waals surface area contributed by atoms with Crippen LogP contribution in [0.3, 0.4) is 0 Å². The van der Waals surface area contributed by atoms with Gasteiger partial charge in [0.25, 0.3) is 0 Å². The first-order chi connectivity index (χ1) is 13.6. The van der Waals surface area contributed by atoms with Gasteiger partial charge in [-0.25, -0.2) is 24.4 Å². The van der Waals surface area contributed by atoms with Crippen molar-refractivity contribution >= 4 is 30.7 Å². The van der Waals surface area contributed by atoms with E-state index in [1.807, 2.05) is 4.57 Å². The molecule has 2 aromatic rings. The smallest absolute Gasteiger partial charge is 0.432 e. The number of carbonyl (C=O) groups is 1. The van der Waals surface area contributed by atoms with Crippen molar-refractivity contribution in [1.82, 2.24) is 24.6 Å². The van der Waals surface area contributed by atoms with E-state index in [0.29, 0.717) is 23.5 Å². The van der Waals surface area contributed by atoms with Gasteiger partial charge in [-0.3, -0.25) is 9.09 Å². The third-order valence-corrected chi connectivity index (χ3v) is 5.57. The van der Waals surface area contributed by atoms with E-state index in [9.17, 15) is 9.36 Å². The Morgan fingerprint density at radius 2 is 2.10 bits per heavy atom. The zero-order valence-electron chi connectivity index (χ0n) is 16.8.